The Balaban J connectivity index is 1.93. The van der Waals surface area contributed by atoms with Crippen LogP contribution in [-0.4, -0.2) is 24.8 Å². The molecule has 1 amide bonds. The van der Waals surface area contributed by atoms with Gasteiger partial charge < -0.3 is 15.8 Å². The summed E-state index contributed by atoms with van der Waals surface area (Å²) in [5.41, 5.74) is 5.14. The van der Waals surface area contributed by atoms with Crippen LogP contribution in [0.4, 0.5) is 4.79 Å². The molecule has 15 heavy (non-hydrogen) atoms. The summed E-state index contributed by atoms with van der Waals surface area (Å²) < 4.78 is 5.13. The standard InChI is InChI=1S/C11H20N2O2/c1-10(2,15-9(12)14)5-8-6-13-7-11(8)3-4-11/h8,13H,3-7H2,1-2H3,(H2,12,14)/t8-/m1/s1. The van der Waals surface area contributed by atoms with E-state index in [1.807, 2.05) is 13.8 Å². The van der Waals surface area contributed by atoms with Crippen molar-refractivity contribution in [1.29, 1.82) is 0 Å². The lowest BCUT2D eigenvalue weighted by molar-refractivity contribution is 0.0221. The van der Waals surface area contributed by atoms with Gasteiger partial charge in [-0.15, -0.1) is 0 Å². The van der Waals surface area contributed by atoms with E-state index in [9.17, 15) is 4.79 Å². The van der Waals surface area contributed by atoms with Crippen LogP contribution in [0.1, 0.15) is 33.1 Å². The normalized spacial score (nSPS) is 28.0. The van der Waals surface area contributed by atoms with E-state index in [1.54, 1.807) is 0 Å². The number of hydrogen-bond acceptors (Lipinski definition) is 3. The summed E-state index contributed by atoms with van der Waals surface area (Å²) in [5.74, 6) is 0.631. The van der Waals surface area contributed by atoms with Crippen molar-refractivity contribution < 1.29 is 9.53 Å². The van der Waals surface area contributed by atoms with Gasteiger partial charge in [0.15, 0.2) is 0 Å². The second kappa shape index (κ2) is 3.37. The molecule has 0 aromatic carbocycles. The van der Waals surface area contributed by atoms with E-state index in [4.69, 9.17) is 10.5 Å². The number of hydrogen-bond donors (Lipinski definition) is 2. The maximum absolute atomic E-state index is 10.8. The number of primary amides is 1. The van der Waals surface area contributed by atoms with Crippen molar-refractivity contribution in [3.63, 3.8) is 0 Å². The topological polar surface area (TPSA) is 64.3 Å². The molecule has 1 saturated heterocycles. The summed E-state index contributed by atoms with van der Waals surface area (Å²) in [7, 11) is 0. The molecular weight excluding hydrogens is 192 g/mol. The molecule has 4 nitrogen and oxygen atoms in total. The monoisotopic (exact) mass is 212 g/mol. The Bertz CT molecular complexity index is 272. The van der Waals surface area contributed by atoms with E-state index in [-0.39, 0.29) is 0 Å². The lowest BCUT2D eigenvalue weighted by Gasteiger charge is -2.29. The Labute approximate surface area is 90.5 Å². The van der Waals surface area contributed by atoms with Crippen molar-refractivity contribution >= 4 is 6.09 Å². The molecule has 0 aromatic heterocycles. The largest absolute Gasteiger partial charge is 0.444 e. The van der Waals surface area contributed by atoms with Crippen molar-refractivity contribution in [2.24, 2.45) is 17.1 Å². The van der Waals surface area contributed by atoms with Crippen molar-refractivity contribution in [1.82, 2.24) is 5.32 Å². The zero-order chi connectivity index (χ0) is 11.1. The third kappa shape index (κ3) is 2.25. The van der Waals surface area contributed by atoms with Crippen LogP contribution in [0.25, 0.3) is 0 Å². The molecular formula is C11H20N2O2. The van der Waals surface area contributed by atoms with Crippen LogP contribution in [-0.2, 0) is 4.74 Å². The van der Waals surface area contributed by atoms with Gasteiger partial charge in [0.1, 0.15) is 5.60 Å². The fourth-order valence-electron chi connectivity index (χ4n) is 2.80. The first-order chi connectivity index (χ1) is 6.94. The molecule has 2 aliphatic rings. The van der Waals surface area contributed by atoms with E-state index < -0.39 is 11.7 Å². The SMILES string of the molecule is CC(C)(C[C@@H]1CNCC12CC2)OC(N)=O. The van der Waals surface area contributed by atoms with Gasteiger partial charge in [-0.05, 0) is 51.0 Å². The average molecular weight is 212 g/mol. The van der Waals surface area contributed by atoms with Crippen molar-refractivity contribution in [3.05, 3.63) is 0 Å². The molecule has 1 heterocycles. The number of amides is 1. The molecule has 1 atom stereocenters. The van der Waals surface area contributed by atoms with E-state index >= 15 is 0 Å². The maximum atomic E-state index is 10.8. The van der Waals surface area contributed by atoms with Crippen LogP contribution in [0.2, 0.25) is 0 Å². The third-order valence-electron chi connectivity index (χ3n) is 3.74. The van der Waals surface area contributed by atoms with Crippen molar-refractivity contribution in [2.45, 2.75) is 38.7 Å². The van der Waals surface area contributed by atoms with Gasteiger partial charge >= 0.3 is 6.09 Å². The van der Waals surface area contributed by atoms with Gasteiger partial charge in [-0.3, -0.25) is 0 Å². The molecule has 1 spiro atoms. The fourth-order valence-corrected chi connectivity index (χ4v) is 2.80. The van der Waals surface area contributed by atoms with Gasteiger partial charge in [0.25, 0.3) is 0 Å². The van der Waals surface area contributed by atoms with Gasteiger partial charge in [-0.2, -0.15) is 0 Å². The highest BCUT2D eigenvalue weighted by molar-refractivity contribution is 5.65. The second-order valence-electron chi connectivity index (χ2n) is 5.58. The minimum absolute atomic E-state index is 0.432. The summed E-state index contributed by atoms with van der Waals surface area (Å²) in [6.07, 6.45) is 2.87. The lowest BCUT2D eigenvalue weighted by atomic mass is 9.83. The summed E-state index contributed by atoms with van der Waals surface area (Å²) in [4.78, 5) is 10.8. The van der Waals surface area contributed by atoms with Crippen LogP contribution < -0.4 is 11.1 Å². The molecule has 3 N–H and O–H groups in total. The lowest BCUT2D eigenvalue weighted by Crippen LogP contribution is -2.35. The number of ether oxygens (including phenoxy) is 1. The molecule has 1 aliphatic carbocycles. The summed E-state index contributed by atoms with van der Waals surface area (Å²) in [6, 6.07) is 0. The average Bonchev–Trinajstić information content (AvgIpc) is 2.71. The van der Waals surface area contributed by atoms with Gasteiger partial charge in [0, 0.05) is 6.54 Å². The zero-order valence-electron chi connectivity index (χ0n) is 9.51. The minimum atomic E-state index is -0.671. The summed E-state index contributed by atoms with van der Waals surface area (Å²) >= 11 is 0. The molecule has 2 rings (SSSR count). The predicted octanol–water partition coefficient (Wildman–Crippen LogP) is 1.25. The van der Waals surface area contributed by atoms with Crippen LogP contribution in [0.15, 0.2) is 0 Å². The zero-order valence-corrected chi connectivity index (χ0v) is 9.51. The van der Waals surface area contributed by atoms with Gasteiger partial charge in [-0.1, -0.05) is 0 Å². The molecule has 0 aromatic rings. The number of rotatable bonds is 3. The highest BCUT2D eigenvalue weighted by Gasteiger charge is 2.53. The number of carbonyl (C=O) groups is 1. The van der Waals surface area contributed by atoms with Crippen LogP contribution in [0, 0.1) is 11.3 Å². The molecule has 1 aliphatic heterocycles. The van der Waals surface area contributed by atoms with Crippen molar-refractivity contribution in [3.8, 4) is 0 Å². The van der Waals surface area contributed by atoms with Gasteiger partial charge in [0.2, 0.25) is 0 Å². The van der Waals surface area contributed by atoms with E-state index in [0.29, 0.717) is 11.3 Å². The predicted molar refractivity (Wildman–Crippen MR) is 57.4 cm³/mol. The third-order valence-corrected chi connectivity index (χ3v) is 3.74. The van der Waals surface area contributed by atoms with Gasteiger partial charge in [0.05, 0.1) is 0 Å². The Morgan fingerprint density at radius 1 is 1.60 bits per heavy atom. The Morgan fingerprint density at radius 2 is 2.27 bits per heavy atom. The minimum Gasteiger partial charge on any atom is -0.444 e. The number of nitrogens with two attached hydrogens (primary N) is 1. The molecule has 2 fully saturated rings. The first-order valence-corrected chi connectivity index (χ1v) is 5.63. The summed E-state index contributed by atoms with van der Waals surface area (Å²) in [5, 5.41) is 3.43. The van der Waals surface area contributed by atoms with Gasteiger partial charge in [-0.25, -0.2) is 4.79 Å². The van der Waals surface area contributed by atoms with Crippen molar-refractivity contribution in [2.75, 3.05) is 13.1 Å². The first-order valence-electron chi connectivity index (χ1n) is 5.63. The number of carbonyl (C=O) groups excluding carboxylic acids is 1. The molecule has 1 saturated carbocycles. The Morgan fingerprint density at radius 3 is 2.80 bits per heavy atom. The second-order valence-corrected chi connectivity index (χ2v) is 5.58. The smallest absolute Gasteiger partial charge is 0.405 e. The highest BCUT2D eigenvalue weighted by Crippen LogP contribution is 2.56. The van der Waals surface area contributed by atoms with Crippen LogP contribution >= 0.6 is 0 Å². The van der Waals surface area contributed by atoms with Crippen LogP contribution in [0.5, 0.6) is 0 Å². The fraction of sp³-hybridized carbons (Fsp3) is 0.909. The van der Waals surface area contributed by atoms with E-state index in [2.05, 4.69) is 5.32 Å². The molecule has 86 valence electrons. The van der Waals surface area contributed by atoms with E-state index in [1.165, 1.54) is 12.8 Å². The van der Waals surface area contributed by atoms with Crippen LogP contribution in [0.3, 0.4) is 0 Å². The molecule has 0 radical (unpaired) electrons. The quantitative estimate of drug-likeness (QED) is 0.740. The van der Waals surface area contributed by atoms with E-state index in [0.717, 1.165) is 19.5 Å². The molecule has 0 bridgehead atoms. The Hall–Kier alpha value is -0.770. The Kier molecular flexibility index (Phi) is 2.41. The number of nitrogens with one attached hydrogen (secondary N) is 1. The molecule has 0 unspecified atom stereocenters. The summed E-state index contributed by atoms with van der Waals surface area (Å²) in [6.45, 7) is 6.05. The molecule has 4 heteroatoms. The first kappa shape index (κ1) is 10.7. The maximum Gasteiger partial charge on any atom is 0.405 e. The highest BCUT2D eigenvalue weighted by atomic mass is 16.6.